The van der Waals surface area contributed by atoms with Crippen molar-refractivity contribution in [2.75, 3.05) is 7.11 Å². The maximum absolute atomic E-state index is 11.7. The number of rotatable bonds is 1. The molecule has 0 unspecified atom stereocenters. The maximum atomic E-state index is 11.7. The van der Waals surface area contributed by atoms with E-state index in [1.165, 1.54) is 5.56 Å². The fourth-order valence-corrected chi connectivity index (χ4v) is 3.43. The van der Waals surface area contributed by atoms with Gasteiger partial charge in [0.1, 0.15) is 5.75 Å². The molecule has 1 N–H and O–H groups in total. The van der Waals surface area contributed by atoms with Crippen LogP contribution in [0.2, 0.25) is 0 Å². The number of hydrogen-bond donors (Lipinski definition) is 1. The van der Waals surface area contributed by atoms with Crippen molar-refractivity contribution in [2.24, 2.45) is 0 Å². The second-order valence-electron chi connectivity index (χ2n) is 5.48. The Labute approximate surface area is 112 Å². The summed E-state index contributed by atoms with van der Waals surface area (Å²) in [4.78, 5) is 23.5. The fourth-order valence-electron chi connectivity index (χ4n) is 3.43. The molecule has 1 fully saturated rings. The zero-order valence-corrected chi connectivity index (χ0v) is 11.0. The summed E-state index contributed by atoms with van der Waals surface area (Å²) in [5.41, 5.74) is 2.05. The first kappa shape index (κ1) is 12.2. The number of benzene rings is 1. The van der Waals surface area contributed by atoms with Gasteiger partial charge in [-0.25, -0.2) is 0 Å². The minimum absolute atomic E-state index is 0.160. The minimum atomic E-state index is -0.318. The number of aryl methyl sites for hydroxylation is 1. The first-order valence-corrected chi connectivity index (χ1v) is 6.63. The molecule has 1 aromatic rings. The van der Waals surface area contributed by atoms with Crippen LogP contribution in [0, 0.1) is 0 Å². The molecule has 1 aliphatic heterocycles. The zero-order valence-electron chi connectivity index (χ0n) is 11.0. The largest absolute Gasteiger partial charge is 0.497 e. The Balaban J connectivity index is 2.09. The lowest BCUT2D eigenvalue weighted by Crippen LogP contribution is -2.48. The predicted octanol–water partition coefficient (Wildman–Crippen LogP) is 1.71. The molecule has 3 rings (SSSR count). The quantitative estimate of drug-likeness (QED) is 0.781. The highest BCUT2D eigenvalue weighted by Gasteiger charge is 2.43. The van der Waals surface area contributed by atoms with E-state index < -0.39 is 0 Å². The van der Waals surface area contributed by atoms with Crippen LogP contribution in [-0.2, 0) is 21.4 Å². The Morgan fingerprint density at radius 2 is 1.95 bits per heavy atom. The molecule has 1 aromatic carbocycles. The first-order valence-electron chi connectivity index (χ1n) is 6.63. The summed E-state index contributed by atoms with van der Waals surface area (Å²) in [6.07, 6.45) is 3.74. The lowest BCUT2D eigenvalue weighted by Gasteiger charge is -2.40. The summed E-state index contributed by atoms with van der Waals surface area (Å²) >= 11 is 0. The molecule has 0 saturated carbocycles. The number of nitrogens with one attached hydrogen (secondary N) is 1. The molecular formula is C15H17NO3. The van der Waals surface area contributed by atoms with E-state index in [9.17, 15) is 9.59 Å². The van der Waals surface area contributed by atoms with Crippen molar-refractivity contribution in [1.82, 2.24) is 5.32 Å². The number of carbonyl (C=O) groups is 2. The molecule has 0 radical (unpaired) electrons. The van der Waals surface area contributed by atoms with Gasteiger partial charge in [0.2, 0.25) is 11.8 Å². The highest BCUT2D eigenvalue weighted by atomic mass is 16.5. The van der Waals surface area contributed by atoms with E-state index in [-0.39, 0.29) is 17.2 Å². The minimum Gasteiger partial charge on any atom is -0.497 e. The van der Waals surface area contributed by atoms with E-state index in [0.717, 1.165) is 30.6 Å². The molecule has 2 amide bonds. The van der Waals surface area contributed by atoms with Crippen molar-refractivity contribution >= 4 is 11.8 Å². The molecule has 1 aliphatic carbocycles. The molecule has 4 heteroatoms. The highest BCUT2D eigenvalue weighted by molar-refractivity contribution is 5.99. The number of piperidine rings is 1. The van der Waals surface area contributed by atoms with Crippen LogP contribution in [-0.4, -0.2) is 18.9 Å². The van der Waals surface area contributed by atoms with E-state index in [0.29, 0.717) is 12.8 Å². The smallest absolute Gasteiger partial charge is 0.227 e. The summed E-state index contributed by atoms with van der Waals surface area (Å²) < 4.78 is 5.28. The second-order valence-corrected chi connectivity index (χ2v) is 5.48. The van der Waals surface area contributed by atoms with Gasteiger partial charge in [-0.3, -0.25) is 14.9 Å². The van der Waals surface area contributed by atoms with Crippen LogP contribution in [0.5, 0.6) is 5.75 Å². The normalized spacial score (nSPS) is 20.9. The van der Waals surface area contributed by atoms with Crippen LogP contribution in [0.25, 0.3) is 0 Å². The first-order chi connectivity index (χ1) is 9.13. The molecule has 1 spiro atoms. The number of methoxy groups -OCH3 is 1. The van der Waals surface area contributed by atoms with Crippen LogP contribution in [0.3, 0.4) is 0 Å². The van der Waals surface area contributed by atoms with Gasteiger partial charge in [-0.1, -0.05) is 6.07 Å². The molecule has 0 aromatic heterocycles. The summed E-state index contributed by atoms with van der Waals surface area (Å²) in [6.45, 7) is 0. The summed E-state index contributed by atoms with van der Waals surface area (Å²) in [5, 5.41) is 2.40. The fraction of sp³-hybridized carbons (Fsp3) is 0.467. The Hall–Kier alpha value is -1.84. The number of fused-ring (bicyclic) bond motifs is 2. The monoisotopic (exact) mass is 259 g/mol. The third-order valence-electron chi connectivity index (χ3n) is 4.27. The Morgan fingerprint density at radius 3 is 2.63 bits per heavy atom. The molecule has 1 heterocycles. The third kappa shape index (κ3) is 2.01. The molecule has 0 atom stereocenters. The molecule has 100 valence electrons. The Bertz CT molecular complexity index is 534. The van der Waals surface area contributed by atoms with Gasteiger partial charge in [-0.05, 0) is 42.5 Å². The molecule has 4 nitrogen and oxygen atoms in total. The van der Waals surface area contributed by atoms with Gasteiger partial charge in [0.25, 0.3) is 0 Å². The van der Waals surface area contributed by atoms with Crippen LogP contribution in [0.4, 0.5) is 0 Å². The average molecular weight is 259 g/mol. The lowest BCUT2D eigenvalue weighted by molar-refractivity contribution is -0.136. The highest BCUT2D eigenvalue weighted by Crippen LogP contribution is 2.45. The summed E-state index contributed by atoms with van der Waals surface area (Å²) in [6, 6.07) is 6.01. The SMILES string of the molecule is COc1ccc2c(c1)C1(CCC2)CC(=O)NC(=O)C1. The molecule has 0 bridgehead atoms. The van der Waals surface area contributed by atoms with Crippen LogP contribution < -0.4 is 10.1 Å². The van der Waals surface area contributed by atoms with Crippen molar-refractivity contribution in [3.8, 4) is 5.75 Å². The standard InChI is InChI=1S/C15H17NO3/c1-19-11-5-4-10-3-2-6-15(12(10)7-11)8-13(17)16-14(18)9-15/h4-5,7H,2-3,6,8-9H2,1H3,(H,16,17,18). The van der Waals surface area contributed by atoms with Gasteiger partial charge in [0.05, 0.1) is 7.11 Å². The predicted molar refractivity (Wildman–Crippen MR) is 70.0 cm³/mol. The number of amides is 2. The van der Waals surface area contributed by atoms with E-state index in [4.69, 9.17) is 4.74 Å². The topological polar surface area (TPSA) is 55.4 Å². The van der Waals surface area contributed by atoms with E-state index in [1.54, 1.807) is 7.11 Å². The van der Waals surface area contributed by atoms with Crippen LogP contribution in [0.15, 0.2) is 18.2 Å². The van der Waals surface area contributed by atoms with Gasteiger partial charge in [-0.15, -0.1) is 0 Å². The van der Waals surface area contributed by atoms with E-state index in [1.807, 2.05) is 12.1 Å². The van der Waals surface area contributed by atoms with Gasteiger partial charge in [-0.2, -0.15) is 0 Å². The molecule has 2 aliphatic rings. The van der Waals surface area contributed by atoms with Crippen LogP contribution >= 0.6 is 0 Å². The second kappa shape index (κ2) is 4.37. The van der Waals surface area contributed by atoms with Crippen molar-refractivity contribution < 1.29 is 14.3 Å². The number of ether oxygens (including phenoxy) is 1. The lowest BCUT2D eigenvalue weighted by atomic mass is 9.64. The number of carbonyl (C=O) groups excluding carboxylic acids is 2. The van der Waals surface area contributed by atoms with Gasteiger partial charge in [0.15, 0.2) is 0 Å². The van der Waals surface area contributed by atoms with Crippen molar-refractivity contribution in [2.45, 2.75) is 37.5 Å². The Morgan fingerprint density at radius 1 is 1.21 bits per heavy atom. The number of imide groups is 1. The van der Waals surface area contributed by atoms with Crippen molar-refractivity contribution in [1.29, 1.82) is 0 Å². The summed E-state index contributed by atoms with van der Waals surface area (Å²) in [5.74, 6) is 0.470. The zero-order chi connectivity index (χ0) is 13.5. The van der Waals surface area contributed by atoms with Crippen molar-refractivity contribution in [3.05, 3.63) is 29.3 Å². The number of hydrogen-bond acceptors (Lipinski definition) is 3. The molecule has 19 heavy (non-hydrogen) atoms. The van der Waals surface area contributed by atoms with Gasteiger partial charge >= 0.3 is 0 Å². The average Bonchev–Trinajstić information content (AvgIpc) is 2.37. The van der Waals surface area contributed by atoms with Gasteiger partial charge in [0, 0.05) is 18.3 Å². The summed E-state index contributed by atoms with van der Waals surface area (Å²) in [7, 11) is 1.63. The third-order valence-corrected chi connectivity index (χ3v) is 4.27. The Kier molecular flexibility index (Phi) is 2.81. The van der Waals surface area contributed by atoms with E-state index in [2.05, 4.69) is 11.4 Å². The maximum Gasteiger partial charge on any atom is 0.227 e. The van der Waals surface area contributed by atoms with E-state index >= 15 is 0 Å². The van der Waals surface area contributed by atoms with Crippen molar-refractivity contribution in [3.63, 3.8) is 0 Å². The molecular weight excluding hydrogens is 242 g/mol. The molecule has 1 saturated heterocycles. The van der Waals surface area contributed by atoms with Crippen LogP contribution in [0.1, 0.15) is 36.8 Å². The van der Waals surface area contributed by atoms with Gasteiger partial charge < -0.3 is 4.74 Å².